The summed E-state index contributed by atoms with van der Waals surface area (Å²) in [5.41, 5.74) is 0.818. The Bertz CT molecular complexity index is 420. The summed E-state index contributed by atoms with van der Waals surface area (Å²) in [7, 11) is 0. The van der Waals surface area contributed by atoms with Crippen LogP contribution >= 0.6 is 0 Å². The van der Waals surface area contributed by atoms with Crippen molar-refractivity contribution in [2.75, 3.05) is 0 Å². The highest BCUT2D eigenvalue weighted by Crippen LogP contribution is 2.33. The zero-order valence-corrected chi connectivity index (χ0v) is 13.6. The van der Waals surface area contributed by atoms with Gasteiger partial charge in [0.25, 0.3) is 0 Å². The fourth-order valence-electron chi connectivity index (χ4n) is 1.83. The van der Waals surface area contributed by atoms with E-state index in [0.717, 1.165) is 11.5 Å². The molecule has 0 radical (unpaired) electrons. The highest BCUT2D eigenvalue weighted by Gasteiger charge is 2.19. The fourth-order valence-corrected chi connectivity index (χ4v) is 1.83. The number of benzene rings is 1. The van der Waals surface area contributed by atoms with Crippen LogP contribution in [0.25, 0.3) is 0 Å². The van der Waals surface area contributed by atoms with Crippen molar-refractivity contribution < 1.29 is 9.47 Å². The van der Waals surface area contributed by atoms with Crippen LogP contribution in [0.1, 0.15) is 66.9 Å². The van der Waals surface area contributed by atoms with E-state index in [2.05, 4.69) is 40.7 Å². The van der Waals surface area contributed by atoms with Crippen molar-refractivity contribution in [1.82, 2.24) is 0 Å². The number of hydrogen-bond acceptors (Lipinski definition) is 2. The minimum Gasteiger partial charge on any atom is -0.488 e. The zero-order valence-electron chi connectivity index (χ0n) is 13.6. The van der Waals surface area contributed by atoms with Crippen molar-refractivity contribution >= 4 is 0 Å². The third-order valence-electron chi connectivity index (χ3n) is 2.45. The third-order valence-corrected chi connectivity index (χ3v) is 2.45. The van der Waals surface area contributed by atoms with E-state index in [9.17, 15) is 0 Å². The van der Waals surface area contributed by atoms with Gasteiger partial charge < -0.3 is 9.47 Å². The highest BCUT2D eigenvalue weighted by atomic mass is 16.5. The molecule has 1 aromatic carbocycles. The monoisotopic (exact) mass is 264 g/mol. The Kier molecular flexibility index (Phi) is 4.54. The average molecular weight is 264 g/mol. The minimum absolute atomic E-state index is 0.196. The summed E-state index contributed by atoms with van der Waals surface area (Å²) in [5, 5.41) is 0. The van der Waals surface area contributed by atoms with Crippen LogP contribution in [0.2, 0.25) is 0 Å². The molecule has 19 heavy (non-hydrogen) atoms. The van der Waals surface area contributed by atoms with Gasteiger partial charge in [-0.2, -0.15) is 0 Å². The molecule has 0 fully saturated rings. The van der Waals surface area contributed by atoms with Crippen LogP contribution in [0.15, 0.2) is 18.2 Å². The summed E-state index contributed by atoms with van der Waals surface area (Å²) in [6.07, 6.45) is 0. The van der Waals surface area contributed by atoms with Gasteiger partial charge >= 0.3 is 0 Å². The maximum atomic E-state index is 6.07. The lowest BCUT2D eigenvalue weighted by Gasteiger charge is -2.26. The number of rotatable bonds is 3. The van der Waals surface area contributed by atoms with Crippen molar-refractivity contribution in [3.05, 3.63) is 23.8 Å². The molecule has 2 nitrogen and oxygen atoms in total. The van der Waals surface area contributed by atoms with Gasteiger partial charge in [-0.15, -0.1) is 0 Å². The van der Waals surface area contributed by atoms with Gasteiger partial charge in [-0.05, 0) is 59.1 Å². The second-order valence-electron chi connectivity index (χ2n) is 7.28. The highest BCUT2D eigenvalue weighted by molar-refractivity contribution is 5.43. The Labute approximate surface area is 118 Å². The maximum absolute atomic E-state index is 6.07. The van der Waals surface area contributed by atoms with E-state index in [4.69, 9.17) is 9.47 Å². The first-order chi connectivity index (χ1) is 8.48. The topological polar surface area (TPSA) is 18.5 Å². The maximum Gasteiger partial charge on any atom is 0.127 e. The molecule has 0 unspecified atom stereocenters. The van der Waals surface area contributed by atoms with E-state index in [-0.39, 0.29) is 11.2 Å². The molecule has 0 aliphatic carbocycles. The van der Waals surface area contributed by atoms with Gasteiger partial charge in [0.2, 0.25) is 0 Å². The van der Waals surface area contributed by atoms with Crippen molar-refractivity contribution in [2.45, 2.75) is 72.5 Å². The lowest BCUT2D eigenvalue weighted by Crippen LogP contribution is -2.25. The standard InChI is InChI=1S/C17H28O2/c1-12(2)14-10-9-13(18-16(3,4)5)11-15(14)19-17(6,7)8/h9-12H,1-8H3. The lowest BCUT2D eigenvalue weighted by molar-refractivity contribution is 0.120. The largest absolute Gasteiger partial charge is 0.488 e. The smallest absolute Gasteiger partial charge is 0.127 e. The Morgan fingerprint density at radius 2 is 1.37 bits per heavy atom. The molecular formula is C17H28O2. The molecule has 0 saturated heterocycles. The van der Waals surface area contributed by atoms with Crippen LogP contribution in [-0.2, 0) is 0 Å². The molecule has 0 heterocycles. The molecule has 0 aliphatic heterocycles. The zero-order chi connectivity index (χ0) is 14.8. The van der Waals surface area contributed by atoms with E-state index in [1.54, 1.807) is 0 Å². The van der Waals surface area contributed by atoms with E-state index >= 15 is 0 Å². The summed E-state index contributed by atoms with van der Waals surface area (Å²) in [6.45, 7) is 16.7. The normalized spacial score (nSPS) is 12.7. The van der Waals surface area contributed by atoms with Gasteiger partial charge in [-0.1, -0.05) is 19.9 Å². The molecule has 0 aromatic heterocycles. The Hall–Kier alpha value is -1.18. The van der Waals surface area contributed by atoms with E-state index in [0.29, 0.717) is 5.92 Å². The van der Waals surface area contributed by atoms with Crippen molar-refractivity contribution in [1.29, 1.82) is 0 Å². The van der Waals surface area contributed by atoms with Crippen molar-refractivity contribution in [2.24, 2.45) is 0 Å². The Balaban J connectivity index is 3.11. The molecular weight excluding hydrogens is 236 g/mol. The summed E-state index contributed by atoms with van der Waals surface area (Å²) < 4.78 is 12.0. The molecule has 1 aromatic rings. The van der Waals surface area contributed by atoms with Crippen LogP contribution in [0.3, 0.4) is 0 Å². The van der Waals surface area contributed by atoms with Gasteiger partial charge in [-0.3, -0.25) is 0 Å². The molecule has 0 spiro atoms. The molecule has 0 atom stereocenters. The molecule has 0 amide bonds. The molecule has 108 valence electrons. The molecule has 0 saturated carbocycles. The summed E-state index contributed by atoms with van der Waals surface area (Å²) in [6, 6.07) is 6.13. The molecule has 0 bridgehead atoms. The first kappa shape index (κ1) is 15.9. The summed E-state index contributed by atoms with van der Waals surface area (Å²) in [5.74, 6) is 2.21. The van der Waals surface area contributed by atoms with Crippen LogP contribution < -0.4 is 9.47 Å². The first-order valence-electron chi connectivity index (χ1n) is 7.00. The van der Waals surface area contributed by atoms with E-state index in [1.165, 1.54) is 5.56 Å². The summed E-state index contributed by atoms with van der Waals surface area (Å²) >= 11 is 0. The lowest BCUT2D eigenvalue weighted by atomic mass is 10.0. The van der Waals surface area contributed by atoms with Crippen molar-refractivity contribution in [3.8, 4) is 11.5 Å². The fraction of sp³-hybridized carbons (Fsp3) is 0.647. The predicted molar refractivity (Wildman–Crippen MR) is 81.3 cm³/mol. The van der Waals surface area contributed by atoms with Crippen LogP contribution in [0.5, 0.6) is 11.5 Å². The molecule has 0 aliphatic rings. The van der Waals surface area contributed by atoms with Gasteiger partial charge in [0.1, 0.15) is 22.7 Å². The van der Waals surface area contributed by atoms with Gasteiger partial charge in [0, 0.05) is 6.07 Å². The van der Waals surface area contributed by atoms with Crippen molar-refractivity contribution in [3.63, 3.8) is 0 Å². The predicted octanol–water partition coefficient (Wildman–Crippen LogP) is 5.16. The van der Waals surface area contributed by atoms with Gasteiger partial charge in [0.15, 0.2) is 0 Å². The molecule has 0 N–H and O–H groups in total. The molecule has 1 rings (SSSR count). The third kappa shape index (κ3) is 5.54. The molecule has 2 heteroatoms. The average Bonchev–Trinajstić information content (AvgIpc) is 2.11. The van der Waals surface area contributed by atoms with Crippen LogP contribution in [0, 0.1) is 0 Å². The second-order valence-corrected chi connectivity index (χ2v) is 7.28. The first-order valence-corrected chi connectivity index (χ1v) is 7.00. The Morgan fingerprint density at radius 3 is 1.79 bits per heavy atom. The van der Waals surface area contributed by atoms with Gasteiger partial charge in [-0.25, -0.2) is 0 Å². The Morgan fingerprint density at radius 1 is 0.842 bits per heavy atom. The quantitative estimate of drug-likeness (QED) is 0.750. The SMILES string of the molecule is CC(C)c1ccc(OC(C)(C)C)cc1OC(C)(C)C. The van der Waals surface area contributed by atoms with Gasteiger partial charge in [0.05, 0.1) is 0 Å². The number of hydrogen-bond donors (Lipinski definition) is 0. The second kappa shape index (κ2) is 5.44. The van der Waals surface area contributed by atoms with E-state index in [1.807, 2.05) is 32.9 Å². The minimum atomic E-state index is -0.204. The van der Waals surface area contributed by atoms with E-state index < -0.39 is 0 Å². The van der Waals surface area contributed by atoms with Crippen LogP contribution in [0.4, 0.5) is 0 Å². The number of ether oxygens (including phenoxy) is 2. The van der Waals surface area contributed by atoms with Crippen LogP contribution in [-0.4, -0.2) is 11.2 Å². The summed E-state index contributed by atoms with van der Waals surface area (Å²) in [4.78, 5) is 0.